The lowest BCUT2D eigenvalue weighted by Crippen LogP contribution is -2.37. The van der Waals surface area contributed by atoms with E-state index in [4.69, 9.17) is 18.5 Å². The number of hydrogen-bond acceptors (Lipinski definition) is 7. The van der Waals surface area contributed by atoms with Gasteiger partial charge in [0.2, 0.25) is 0 Å². The summed E-state index contributed by atoms with van der Waals surface area (Å²) in [5.74, 6) is -0.864. The van der Waals surface area contributed by atoms with Crippen LogP contribution in [0.4, 0.5) is 0 Å². The van der Waals surface area contributed by atoms with Gasteiger partial charge in [0.15, 0.2) is 6.10 Å². The standard InChI is InChI=1S/C72H118NO8P/c1-6-8-10-12-14-16-18-20-22-24-26-28-30-32-33-34-35-36-37-38-39-41-43-45-47-49-51-53-55-57-59-61-63-65-72(75)81-70(69-80-82(76,77)79-67-66-73(3,4)5)68-78-71(74)64-62-60-58-56-54-52-50-48-46-44-42-40-31-29-27-25-23-21-19-17-15-13-11-9-7-2/h8,10,14,16,19-22,25-28,31-33,35-36,38-40,43,45,49,51,55,57,70H,6-7,9,11-13,15,17-18,23-24,29-30,34,37,41-42,44,46-48,50,52-54,56,58-69H2,1-5H3/p+1/b10-8-,16-14-,21-19-,22-20-,27-25-,28-26-,33-32-,36-35-,39-38-,40-31-,45-43-,51-49-,57-55-. The lowest BCUT2D eigenvalue weighted by molar-refractivity contribution is -0.870. The van der Waals surface area contributed by atoms with Gasteiger partial charge in [-0.1, -0.05) is 249 Å². The number of likely N-dealkylation sites (N-methyl/N-ethyl adjacent to an activating group) is 1. The van der Waals surface area contributed by atoms with Crippen LogP contribution in [0.2, 0.25) is 0 Å². The van der Waals surface area contributed by atoms with E-state index in [9.17, 15) is 19.0 Å². The zero-order valence-corrected chi connectivity index (χ0v) is 53.6. The number of unbranched alkanes of at least 4 members (excludes halogenated alkanes) is 17. The minimum absolute atomic E-state index is 0.0133. The van der Waals surface area contributed by atoms with Crippen molar-refractivity contribution in [1.82, 2.24) is 0 Å². The number of hydrogen-bond donors (Lipinski definition) is 1. The summed E-state index contributed by atoms with van der Waals surface area (Å²) in [6.07, 6.45) is 91.8. The molecule has 0 saturated carbocycles. The Labute approximate surface area is 503 Å². The van der Waals surface area contributed by atoms with E-state index in [2.05, 4.69) is 172 Å². The molecule has 0 aliphatic carbocycles. The van der Waals surface area contributed by atoms with E-state index in [0.717, 1.165) is 122 Å². The van der Waals surface area contributed by atoms with E-state index in [0.29, 0.717) is 17.4 Å². The number of carbonyl (C=O) groups is 2. The Morgan fingerprint density at radius 2 is 0.695 bits per heavy atom. The number of rotatable bonds is 57. The maximum atomic E-state index is 12.8. The van der Waals surface area contributed by atoms with E-state index >= 15 is 0 Å². The van der Waals surface area contributed by atoms with E-state index < -0.39 is 26.5 Å². The Morgan fingerprint density at radius 3 is 1.06 bits per heavy atom. The molecule has 9 nitrogen and oxygen atoms in total. The molecule has 2 unspecified atom stereocenters. The summed E-state index contributed by atoms with van der Waals surface area (Å²) in [7, 11) is 1.42. The molecule has 2 atom stereocenters. The normalized spacial score (nSPS) is 14.3. The van der Waals surface area contributed by atoms with Crippen molar-refractivity contribution in [3.05, 3.63) is 158 Å². The largest absolute Gasteiger partial charge is 0.472 e. The van der Waals surface area contributed by atoms with Crippen LogP contribution in [0.25, 0.3) is 0 Å². The molecule has 0 rings (SSSR count). The molecule has 0 fully saturated rings. The number of phosphoric ester groups is 1. The van der Waals surface area contributed by atoms with E-state index in [1.54, 1.807) is 0 Å². The molecule has 0 aromatic carbocycles. The van der Waals surface area contributed by atoms with Crippen LogP contribution in [0.3, 0.4) is 0 Å². The van der Waals surface area contributed by atoms with Gasteiger partial charge in [-0.25, -0.2) is 4.57 Å². The molecule has 0 bridgehead atoms. The van der Waals surface area contributed by atoms with Crippen molar-refractivity contribution in [3.8, 4) is 0 Å². The van der Waals surface area contributed by atoms with Gasteiger partial charge in [0.25, 0.3) is 0 Å². The number of allylic oxidation sites excluding steroid dienone is 26. The van der Waals surface area contributed by atoms with Crippen molar-refractivity contribution in [3.63, 3.8) is 0 Å². The highest BCUT2D eigenvalue weighted by atomic mass is 31.2. The van der Waals surface area contributed by atoms with Crippen molar-refractivity contribution >= 4 is 19.8 Å². The van der Waals surface area contributed by atoms with Crippen LogP contribution < -0.4 is 0 Å². The number of quaternary nitrogens is 1. The highest BCUT2D eigenvalue weighted by Crippen LogP contribution is 2.43. The highest BCUT2D eigenvalue weighted by molar-refractivity contribution is 7.47. The number of ether oxygens (including phenoxy) is 2. The number of phosphoric acid groups is 1. The Bertz CT molecular complexity index is 1940. The van der Waals surface area contributed by atoms with Crippen LogP contribution in [-0.2, 0) is 32.7 Å². The Balaban J connectivity index is 4.28. The maximum Gasteiger partial charge on any atom is 0.472 e. The molecule has 0 radical (unpaired) electrons. The summed E-state index contributed by atoms with van der Waals surface area (Å²) in [6, 6.07) is 0. The molecule has 0 aromatic rings. The summed E-state index contributed by atoms with van der Waals surface area (Å²) in [5, 5.41) is 0. The Morgan fingerprint density at radius 1 is 0.390 bits per heavy atom. The molecule has 464 valence electrons. The first-order chi connectivity index (χ1) is 40.0. The van der Waals surface area contributed by atoms with E-state index in [1.165, 1.54) is 77.0 Å². The molecular formula is C72H119NO8P+. The second kappa shape index (κ2) is 61.2. The lowest BCUT2D eigenvalue weighted by Gasteiger charge is -2.24. The van der Waals surface area contributed by atoms with Crippen LogP contribution in [0.5, 0.6) is 0 Å². The molecule has 0 heterocycles. The van der Waals surface area contributed by atoms with Crippen LogP contribution in [0, 0.1) is 0 Å². The second-order valence-corrected chi connectivity index (χ2v) is 23.5. The summed E-state index contributed by atoms with van der Waals surface area (Å²) in [5.41, 5.74) is 0. The molecule has 0 amide bonds. The average Bonchev–Trinajstić information content (AvgIpc) is 3.46. The third-order valence-electron chi connectivity index (χ3n) is 13.0. The summed E-state index contributed by atoms with van der Waals surface area (Å²) >= 11 is 0. The average molecular weight is 1160 g/mol. The maximum absolute atomic E-state index is 12.8. The Kier molecular flexibility index (Phi) is 57.9. The van der Waals surface area contributed by atoms with Crippen LogP contribution in [0.15, 0.2) is 158 Å². The molecule has 82 heavy (non-hydrogen) atoms. The van der Waals surface area contributed by atoms with Crippen molar-refractivity contribution in [2.45, 2.75) is 238 Å². The van der Waals surface area contributed by atoms with Gasteiger partial charge in [-0.05, 0) is 128 Å². The van der Waals surface area contributed by atoms with Gasteiger partial charge < -0.3 is 18.9 Å². The van der Waals surface area contributed by atoms with E-state index in [1.807, 2.05) is 21.1 Å². The number of esters is 2. The summed E-state index contributed by atoms with van der Waals surface area (Å²) in [4.78, 5) is 35.8. The molecule has 0 aromatic heterocycles. The van der Waals surface area contributed by atoms with Crippen LogP contribution in [0.1, 0.15) is 232 Å². The molecule has 1 N–H and O–H groups in total. The number of nitrogens with zero attached hydrogens (tertiary/aromatic N) is 1. The van der Waals surface area contributed by atoms with Crippen molar-refractivity contribution in [2.75, 3.05) is 47.5 Å². The predicted molar refractivity (Wildman–Crippen MR) is 353 cm³/mol. The molecule has 0 saturated heterocycles. The fourth-order valence-electron chi connectivity index (χ4n) is 8.11. The van der Waals surface area contributed by atoms with Crippen LogP contribution in [-0.4, -0.2) is 74.9 Å². The second-order valence-electron chi connectivity index (χ2n) is 22.1. The minimum Gasteiger partial charge on any atom is -0.462 e. The molecular weight excluding hydrogens is 1040 g/mol. The SMILES string of the molecule is CC/C=C\C/C=C\C/C=C\C/C=C\C/C=C\C/C=C\C/C=C\C/C=C\C/C=C\C/C=C\CCCCC(=O)OC(COC(=O)CCCCCCCCCCCC/C=C\C/C=C\C/C=C\CCCCCCC)COP(=O)(O)OCC[N+](C)(C)C. The summed E-state index contributed by atoms with van der Waals surface area (Å²) in [6.45, 7) is 4.24. The Hall–Kier alpha value is -4.37. The van der Waals surface area contributed by atoms with Crippen molar-refractivity contribution in [2.24, 2.45) is 0 Å². The molecule has 0 aliphatic rings. The first-order valence-corrected chi connectivity index (χ1v) is 33.7. The van der Waals surface area contributed by atoms with Gasteiger partial charge in [0, 0.05) is 12.8 Å². The van der Waals surface area contributed by atoms with Gasteiger partial charge in [0.05, 0.1) is 27.7 Å². The van der Waals surface area contributed by atoms with Crippen LogP contribution >= 0.6 is 7.82 Å². The first kappa shape index (κ1) is 77.6. The summed E-state index contributed by atoms with van der Waals surface area (Å²) < 4.78 is 34.6. The van der Waals surface area contributed by atoms with Gasteiger partial charge in [-0.2, -0.15) is 0 Å². The fraction of sp³-hybridized carbons (Fsp3) is 0.611. The minimum atomic E-state index is -4.42. The quantitative estimate of drug-likeness (QED) is 0.0211. The fourth-order valence-corrected chi connectivity index (χ4v) is 8.85. The zero-order valence-electron chi connectivity index (χ0n) is 52.7. The predicted octanol–water partition coefficient (Wildman–Crippen LogP) is 20.8. The number of carbonyl (C=O) groups excluding carboxylic acids is 2. The topological polar surface area (TPSA) is 108 Å². The van der Waals surface area contributed by atoms with Crippen molar-refractivity contribution in [1.29, 1.82) is 0 Å². The molecule has 10 heteroatoms. The van der Waals surface area contributed by atoms with Crippen molar-refractivity contribution < 1.29 is 42.1 Å². The van der Waals surface area contributed by atoms with E-state index in [-0.39, 0.29) is 32.0 Å². The van der Waals surface area contributed by atoms with Gasteiger partial charge in [-0.15, -0.1) is 0 Å². The third-order valence-corrected chi connectivity index (χ3v) is 14.0. The third kappa shape index (κ3) is 64.8. The van der Waals surface area contributed by atoms with Gasteiger partial charge in [0.1, 0.15) is 19.8 Å². The van der Waals surface area contributed by atoms with Gasteiger partial charge >= 0.3 is 19.8 Å². The highest BCUT2D eigenvalue weighted by Gasteiger charge is 2.27. The molecule has 0 spiro atoms. The molecule has 0 aliphatic heterocycles. The lowest BCUT2D eigenvalue weighted by atomic mass is 10.1. The zero-order chi connectivity index (χ0) is 59.8. The monoisotopic (exact) mass is 1160 g/mol. The first-order valence-electron chi connectivity index (χ1n) is 32.2. The smallest absolute Gasteiger partial charge is 0.462 e. The van der Waals surface area contributed by atoms with Gasteiger partial charge in [-0.3, -0.25) is 18.6 Å².